The Labute approximate surface area is 179 Å². The highest BCUT2D eigenvalue weighted by atomic mass is 35.5. The molecule has 6 nitrogen and oxygen atoms in total. The number of hydrogen-bond acceptors (Lipinski definition) is 6. The van der Waals surface area contributed by atoms with Gasteiger partial charge in [0.2, 0.25) is 0 Å². The topological polar surface area (TPSA) is 75.8 Å². The molecule has 11 heteroatoms. The maximum atomic E-state index is 13.0. The molecular weight excluding hydrogens is 439 g/mol. The molecule has 0 aliphatic heterocycles. The number of anilines is 1. The summed E-state index contributed by atoms with van der Waals surface area (Å²) < 4.78 is 45.9. The number of halogens is 4. The van der Waals surface area contributed by atoms with Crippen molar-refractivity contribution in [3.05, 3.63) is 58.9 Å². The molecule has 0 aliphatic rings. The van der Waals surface area contributed by atoms with Gasteiger partial charge in [0.1, 0.15) is 5.75 Å². The molecule has 3 rings (SSSR count). The third kappa shape index (κ3) is 4.98. The van der Waals surface area contributed by atoms with Gasteiger partial charge in [-0.25, -0.2) is 0 Å². The molecule has 1 N–H and O–H groups in total. The number of ether oxygens (including phenoxy) is 1. The van der Waals surface area contributed by atoms with Crippen molar-refractivity contribution < 1.29 is 17.9 Å². The molecular formula is C19H15ClF3N5OS. The first kappa shape index (κ1) is 21.8. The van der Waals surface area contributed by atoms with E-state index in [4.69, 9.17) is 21.6 Å². The molecule has 3 aromatic rings. The number of alkyl halides is 3. The summed E-state index contributed by atoms with van der Waals surface area (Å²) in [5, 5.41) is 20.6. The molecule has 0 amide bonds. The number of aromatic nitrogens is 3. The van der Waals surface area contributed by atoms with Crippen molar-refractivity contribution in [1.29, 1.82) is 5.26 Å². The van der Waals surface area contributed by atoms with E-state index >= 15 is 0 Å². The molecule has 30 heavy (non-hydrogen) atoms. The van der Waals surface area contributed by atoms with E-state index in [0.29, 0.717) is 22.4 Å². The second-order valence-electron chi connectivity index (χ2n) is 5.92. The lowest BCUT2D eigenvalue weighted by atomic mass is 10.2. The Morgan fingerprint density at radius 2 is 1.93 bits per heavy atom. The molecule has 1 heterocycles. The maximum absolute atomic E-state index is 13.0. The molecule has 2 aromatic carbocycles. The van der Waals surface area contributed by atoms with Crippen molar-refractivity contribution in [1.82, 2.24) is 14.8 Å². The third-order valence-electron chi connectivity index (χ3n) is 4.03. The Balaban J connectivity index is 1.91. The van der Waals surface area contributed by atoms with Crippen LogP contribution in [0.15, 0.2) is 47.6 Å². The molecule has 1 aromatic heterocycles. The van der Waals surface area contributed by atoms with Crippen molar-refractivity contribution in [2.75, 3.05) is 18.2 Å². The number of nitrogens with one attached hydrogen (secondary N) is 1. The summed E-state index contributed by atoms with van der Waals surface area (Å²) in [6.07, 6.45) is -4.48. The van der Waals surface area contributed by atoms with Gasteiger partial charge in [-0.05, 0) is 42.5 Å². The van der Waals surface area contributed by atoms with E-state index in [-0.39, 0.29) is 23.0 Å². The first-order chi connectivity index (χ1) is 14.3. The highest BCUT2D eigenvalue weighted by molar-refractivity contribution is 7.99. The van der Waals surface area contributed by atoms with Gasteiger partial charge in [-0.1, -0.05) is 23.4 Å². The zero-order valence-corrected chi connectivity index (χ0v) is 17.1. The highest BCUT2D eigenvalue weighted by Gasteiger charge is 2.31. The molecule has 0 aliphatic carbocycles. The Morgan fingerprint density at radius 3 is 2.57 bits per heavy atom. The highest BCUT2D eigenvalue weighted by Crippen LogP contribution is 2.34. The monoisotopic (exact) mass is 453 g/mol. The second-order valence-corrected chi connectivity index (χ2v) is 7.27. The van der Waals surface area contributed by atoms with Crippen LogP contribution in [0.2, 0.25) is 5.02 Å². The fourth-order valence-electron chi connectivity index (χ4n) is 2.61. The van der Waals surface area contributed by atoms with Crippen molar-refractivity contribution in [2.24, 2.45) is 0 Å². The smallest absolute Gasteiger partial charge is 0.416 e. The molecule has 0 saturated carbocycles. The van der Waals surface area contributed by atoms with Crippen LogP contribution in [-0.2, 0) is 12.7 Å². The summed E-state index contributed by atoms with van der Waals surface area (Å²) in [6, 6.07) is 12.2. The number of thioether (sulfide) groups is 1. The maximum Gasteiger partial charge on any atom is 0.416 e. The Bertz CT molecular complexity index is 1060. The largest absolute Gasteiger partial charge is 0.497 e. The first-order valence-corrected chi connectivity index (χ1v) is 9.89. The minimum Gasteiger partial charge on any atom is -0.497 e. The molecule has 0 unspecified atom stereocenters. The number of benzene rings is 2. The normalized spacial score (nSPS) is 11.2. The molecule has 0 fully saturated rings. The standard InChI is InChI=1S/C19H15ClF3N5OS/c1-29-14-5-3-13(4-6-14)28-17(26-27-18(28)30-9-8-24)11-25-16-10-12(19(21,22)23)2-7-15(16)20/h2-7,10,25H,9,11H2,1H3. The van der Waals surface area contributed by atoms with Gasteiger partial charge in [0.25, 0.3) is 0 Å². The van der Waals surface area contributed by atoms with E-state index in [0.717, 1.165) is 12.1 Å². The summed E-state index contributed by atoms with van der Waals surface area (Å²) in [6.45, 7) is 0.0627. The zero-order valence-electron chi connectivity index (χ0n) is 15.6. The molecule has 0 saturated heterocycles. The van der Waals surface area contributed by atoms with Crippen LogP contribution in [-0.4, -0.2) is 27.6 Å². The summed E-state index contributed by atoms with van der Waals surface area (Å²) in [5.74, 6) is 1.27. The van der Waals surface area contributed by atoms with E-state index in [1.165, 1.54) is 17.8 Å². The SMILES string of the molecule is COc1ccc(-n2c(CNc3cc(C(F)(F)F)ccc3Cl)nnc2SCC#N)cc1. The average molecular weight is 454 g/mol. The number of rotatable bonds is 7. The van der Waals surface area contributed by atoms with Gasteiger partial charge >= 0.3 is 6.18 Å². The fraction of sp³-hybridized carbons (Fsp3) is 0.211. The Hall–Kier alpha value is -2.90. The van der Waals surface area contributed by atoms with Crippen molar-refractivity contribution in [3.63, 3.8) is 0 Å². The van der Waals surface area contributed by atoms with E-state index in [2.05, 4.69) is 15.5 Å². The molecule has 0 radical (unpaired) electrons. The minimum absolute atomic E-state index is 0.0627. The van der Waals surface area contributed by atoms with E-state index in [9.17, 15) is 13.2 Å². The van der Waals surface area contributed by atoms with Crippen LogP contribution >= 0.6 is 23.4 Å². The number of nitrogens with zero attached hydrogens (tertiary/aromatic N) is 4. The van der Waals surface area contributed by atoms with Crippen LogP contribution in [0.25, 0.3) is 5.69 Å². The van der Waals surface area contributed by atoms with E-state index in [1.807, 2.05) is 6.07 Å². The lowest BCUT2D eigenvalue weighted by Gasteiger charge is -2.14. The van der Waals surface area contributed by atoms with Crippen LogP contribution in [0.5, 0.6) is 5.75 Å². The lowest BCUT2D eigenvalue weighted by Crippen LogP contribution is -2.10. The van der Waals surface area contributed by atoms with Crippen LogP contribution in [0.4, 0.5) is 18.9 Å². The summed E-state index contributed by atoms with van der Waals surface area (Å²) in [5.41, 5.74) is 0.0338. The van der Waals surface area contributed by atoms with Crippen molar-refractivity contribution >= 4 is 29.1 Å². The minimum atomic E-state index is -4.48. The average Bonchev–Trinajstić information content (AvgIpc) is 3.13. The predicted octanol–water partition coefficient (Wildman–Crippen LogP) is 5.18. The summed E-state index contributed by atoms with van der Waals surface area (Å²) in [7, 11) is 1.55. The van der Waals surface area contributed by atoms with Crippen LogP contribution in [0.1, 0.15) is 11.4 Å². The van der Waals surface area contributed by atoms with Crippen molar-refractivity contribution in [2.45, 2.75) is 17.9 Å². The quantitative estimate of drug-likeness (QED) is 0.497. The Morgan fingerprint density at radius 1 is 1.20 bits per heavy atom. The van der Waals surface area contributed by atoms with Gasteiger partial charge in [-0.3, -0.25) is 4.57 Å². The number of hydrogen-bond donors (Lipinski definition) is 1. The van der Waals surface area contributed by atoms with Gasteiger partial charge in [0, 0.05) is 5.69 Å². The van der Waals surface area contributed by atoms with Gasteiger partial charge in [-0.15, -0.1) is 10.2 Å². The summed E-state index contributed by atoms with van der Waals surface area (Å²) in [4.78, 5) is 0. The van der Waals surface area contributed by atoms with Gasteiger partial charge in [0.15, 0.2) is 11.0 Å². The Kier molecular flexibility index (Phi) is 6.74. The van der Waals surface area contributed by atoms with Crippen LogP contribution in [0.3, 0.4) is 0 Å². The third-order valence-corrected chi connectivity index (χ3v) is 5.15. The van der Waals surface area contributed by atoms with Crippen LogP contribution < -0.4 is 10.1 Å². The lowest BCUT2D eigenvalue weighted by molar-refractivity contribution is -0.137. The molecule has 156 valence electrons. The number of nitriles is 1. The second kappa shape index (κ2) is 9.28. The molecule has 0 spiro atoms. The summed E-state index contributed by atoms with van der Waals surface area (Å²) >= 11 is 7.25. The zero-order chi connectivity index (χ0) is 21.7. The fourth-order valence-corrected chi connectivity index (χ4v) is 3.42. The van der Waals surface area contributed by atoms with Gasteiger partial charge < -0.3 is 10.1 Å². The van der Waals surface area contributed by atoms with E-state index < -0.39 is 11.7 Å². The molecule has 0 atom stereocenters. The number of methoxy groups -OCH3 is 1. The van der Waals surface area contributed by atoms with Crippen LogP contribution in [0, 0.1) is 11.3 Å². The molecule has 0 bridgehead atoms. The van der Waals surface area contributed by atoms with Crippen molar-refractivity contribution in [3.8, 4) is 17.5 Å². The van der Waals surface area contributed by atoms with Gasteiger partial charge in [0.05, 0.1) is 41.8 Å². The van der Waals surface area contributed by atoms with Gasteiger partial charge in [-0.2, -0.15) is 18.4 Å². The first-order valence-electron chi connectivity index (χ1n) is 8.52. The predicted molar refractivity (Wildman–Crippen MR) is 108 cm³/mol. The van der Waals surface area contributed by atoms with E-state index in [1.54, 1.807) is 35.9 Å².